The summed E-state index contributed by atoms with van der Waals surface area (Å²) >= 11 is 6.13. The molecule has 114 valence electrons. The second-order valence-corrected chi connectivity index (χ2v) is 7.16. The van der Waals surface area contributed by atoms with Crippen molar-refractivity contribution in [2.24, 2.45) is 0 Å². The van der Waals surface area contributed by atoms with Crippen LogP contribution in [-0.4, -0.2) is 30.8 Å². The summed E-state index contributed by atoms with van der Waals surface area (Å²) < 4.78 is 5.59. The molecule has 1 amide bonds. The lowest BCUT2D eigenvalue weighted by atomic mass is 9.90. The van der Waals surface area contributed by atoms with E-state index in [9.17, 15) is 4.79 Å². The van der Waals surface area contributed by atoms with Crippen LogP contribution in [0.3, 0.4) is 0 Å². The molecular weight excluding hydrogens is 288 g/mol. The minimum atomic E-state index is -0.491. The molecule has 2 atom stereocenters. The van der Waals surface area contributed by atoms with Crippen LogP contribution in [0.15, 0.2) is 18.2 Å². The van der Waals surface area contributed by atoms with Crippen LogP contribution in [0.4, 0.5) is 10.5 Å². The molecule has 21 heavy (non-hydrogen) atoms. The predicted octanol–water partition coefficient (Wildman–Crippen LogP) is 3.54. The van der Waals surface area contributed by atoms with Crippen LogP contribution in [0.1, 0.15) is 38.7 Å². The van der Waals surface area contributed by atoms with E-state index in [1.54, 1.807) is 0 Å². The van der Waals surface area contributed by atoms with Gasteiger partial charge in [-0.05, 0) is 57.5 Å². The highest BCUT2D eigenvalue weighted by Gasteiger charge is 2.44. The van der Waals surface area contributed by atoms with Crippen molar-refractivity contribution in [1.29, 1.82) is 0 Å². The van der Waals surface area contributed by atoms with Crippen molar-refractivity contribution in [3.8, 4) is 0 Å². The maximum absolute atomic E-state index is 12.6. The van der Waals surface area contributed by atoms with Gasteiger partial charge in [-0.3, -0.25) is 4.90 Å². The van der Waals surface area contributed by atoms with Gasteiger partial charge >= 0.3 is 6.09 Å². The first-order chi connectivity index (χ1) is 9.87. The normalized spacial score (nSPS) is 24.5. The maximum Gasteiger partial charge on any atom is 0.415 e. The Morgan fingerprint density at radius 3 is 2.90 bits per heavy atom. The molecule has 4 nitrogen and oxygen atoms in total. The number of ether oxygens (including phenoxy) is 1. The summed E-state index contributed by atoms with van der Waals surface area (Å²) in [5.74, 6) is 0.292. The Hall–Kier alpha value is -1.26. The minimum absolute atomic E-state index is 0.162. The molecule has 3 rings (SSSR count). The van der Waals surface area contributed by atoms with Crippen LogP contribution in [0.2, 0.25) is 5.02 Å². The summed E-state index contributed by atoms with van der Waals surface area (Å²) in [6, 6.07) is 5.91. The van der Waals surface area contributed by atoms with Crippen molar-refractivity contribution in [1.82, 2.24) is 5.32 Å². The van der Waals surface area contributed by atoms with E-state index in [1.165, 1.54) is 0 Å². The number of hydrogen-bond acceptors (Lipinski definition) is 3. The molecule has 2 aliphatic heterocycles. The Bertz CT molecular complexity index is 568. The lowest BCUT2D eigenvalue weighted by Gasteiger charge is -2.33. The topological polar surface area (TPSA) is 41.6 Å². The zero-order valence-electron chi connectivity index (χ0n) is 12.6. The fourth-order valence-electron chi connectivity index (χ4n) is 3.24. The van der Waals surface area contributed by atoms with Crippen LogP contribution in [0.25, 0.3) is 0 Å². The number of benzene rings is 1. The highest BCUT2D eigenvalue weighted by atomic mass is 35.5. The van der Waals surface area contributed by atoms with Gasteiger partial charge in [0.2, 0.25) is 0 Å². The average Bonchev–Trinajstić information content (AvgIpc) is 2.71. The Kier molecular flexibility index (Phi) is 3.62. The molecule has 0 aromatic heterocycles. The fraction of sp³-hybridized carbons (Fsp3) is 0.562. The van der Waals surface area contributed by atoms with E-state index >= 15 is 0 Å². The number of hydrogen-bond donors (Lipinski definition) is 1. The SMILES string of the molecule is CC(C)(C)OC(=O)N1c2ccc(Cl)cc2[C@@H]2CNCC[C@@H]21. The third-order valence-corrected chi connectivity index (χ3v) is 4.25. The fourth-order valence-corrected chi connectivity index (χ4v) is 3.42. The first kappa shape index (κ1) is 14.7. The van der Waals surface area contributed by atoms with Crippen molar-refractivity contribution in [2.45, 2.75) is 44.8 Å². The predicted molar refractivity (Wildman–Crippen MR) is 84.2 cm³/mol. The molecule has 0 radical (unpaired) electrons. The Morgan fingerprint density at radius 2 is 2.19 bits per heavy atom. The number of anilines is 1. The van der Waals surface area contributed by atoms with Gasteiger partial charge in [-0.2, -0.15) is 0 Å². The molecule has 0 aliphatic carbocycles. The molecular formula is C16H21ClN2O2. The highest BCUT2D eigenvalue weighted by Crippen LogP contribution is 2.44. The van der Waals surface area contributed by atoms with Crippen molar-refractivity contribution in [3.63, 3.8) is 0 Å². The second-order valence-electron chi connectivity index (χ2n) is 6.72. The van der Waals surface area contributed by atoms with E-state index in [-0.39, 0.29) is 12.1 Å². The molecule has 0 unspecified atom stereocenters. The van der Waals surface area contributed by atoms with Crippen molar-refractivity contribution < 1.29 is 9.53 Å². The average molecular weight is 309 g/mol. The van der Waals surface area contributed by atoms with Gasteiger partial charge in [0, 0.05) is 23.5 Å². The van der Waals surface area contributed by atoms with Gasteiger partial charge in [-0.25, -0.2) is 4.79 Å². The number of carbonyl (C=O) groups excluding carboxylic acids is 1. The number of amides is 1. The van der Waals surface area contributed by atoms with Crippen LogP contribution >= 0.6 is 11.6 Å². The summed E-state index contributed by atoms with van der Waals surface area (Å²) in [5.41, 5.74) is 1.59. The largest absolute Gasteiger partial charge is 0.443 e. The molecule has 1 aromatic rings. The zero-order valence-corrected chi connectivity index (χ0v) is 13.4. The number of carbonyl (C=O) groups is 1. The zero-order chi connectivity index (χ0) is 15.2. The second kappa shape index (κ2) is 5.18. The Labute approximate surface area is 130 Å². The summed E-state index contributed by atoms with van der Waals surface area (Å²) in [6.45, 7) is 7.47. The van der Waals surface area contributed by atoms with Gasteiger partial charge in [0.05, 0.1) is 5.69 Å². The third-order valence-electron chi connectivity index (χ3n) is 4.02. The molecule has 2 aliphatic rings. The van der Waals surface area contributed by atoms with Crippen molar-refractivity contribution >= 4 is 23.4 Å². The van der Waals surface area contributed by atoms with E-state index in [0.717, 1.165) is 30.8 Å². The van der Waals surface area contributed by atoms with Crippen LogP contribution in [-0.2, 0) is 4.74 Å². The maximum atomic E-state index is 12.6. The number of halogens is 1. The molecule has 1 aromatic carbocycles. The molecule has 0 bridgehead atoms. The molecule has 0 spiro atoms. The molecule has 1 N–H and O–H groups in total. The summed E-state index contributed by atoms with van der Waals surface area (Å²) in [4.78, 5) is 14.4. The molecule has 1 fully saturated rings. The number of nitrogens with one attached hydrogen (secondary N) is 1. The summed E-state index contributed by atoms with van der Waals surface area (Å²) in [7, 11) is 0. The minimum Gasteiger partial charge on any atom is -0.443 e. The first-order valence-electron chi connectivity index (χ1n) is 7.39. The number of nitrogens with zero attached hydrogens (tertiary/aromatic N) is 1. The van der Waals surface area contributed by atoms with E-state index in [0.29, 0.717) is 10.9 Å². The third kappa shape index (κ3) is 2.74. The van der Waals surface area contributed by atoms with Gasteiger partial charge < -0.3 is 10.1 Å². The number of piperidine rings is 1. The molecule has 0 saturated carbocycles. The van der Waals surface area contributed by atoms with Gasteiger partial charge in [-0.15, -0.1) is 0 Å². The van der Waals surface area contributed by atoms with Crippen molar-refractivity contribution in [2.75, 3.05) is 18.0 Å². The van der Waals surface area contributed by atoms with Crippen molar-refractivity contribution in [3.05, 3.63) is 28.8 Å². The van der Waals surface area contributed by atoms with Gasteiger partial charge in [0.25, 0.3) is 0 Å². The van der Waals surface area contributed by atoms with E-state index < -0.39 is 5.60 Å². The molecule has 1 saturated heterocycles. The lowest BCUT2D eigenvalue weighted by Crippen LogP contribution is -2.48. The van der Waals surface area contributed by atoms with E-state index in [4.69, 9.17) is 16.3 Å². The van der Waals surface area contributed by atoms with Crippen LogP contribution in [0.5, 0.6) is 0 Å². The first-order valence-corrected chi connectivity index (χ1v) is 7.77. The van der Waals surface area contributed by atoms with Crippen LogP contribution in [0, 0.1) is 0 Å². The Balaban J connectivity index is 1.98. The number of fused-ring (bicyclic) bond motifs is 3. The lowest BCUT2D eigenvalue weighted by molar-refractivity contribution is 0.0562. The number of rotatable bonds is 0. The quantitative estimate of drug-likeness (QED) is 0.797. The summed E-state index contributed by atoms with van der Waals surface area (Å²) in [5, 5.41) is 4.11. The molecule has 5 heteroatoms. The van der Waals surface area contributed by atoms with Gasteiger partial charge in [0.1, 0.15) is 5.60 Å². The summed E-state index contributed by atoms with van der Waals surface area (Å²) in [6.07, 6.45) is 0.663. The van der Waals surface area contributed by atoms with Gasteiger partial charge in [0.15, 0.2) is 0 Å². The molecule has 2 heterocycles. The smallest absolute Gasteiger partial charge is 0.415 e. The van der Waals surface area contributed by atoms with E-state index in [1.807, 2.05) is 43.9 Å². The Morgan fingerprint density at radius 1 is 1.43 bits per heavy atom. The monoisotopic (exact) mass is 308 g/mol. The standard InChI is InChI=1S/C16H21ClN2O2/c1-16(2,3)21-15(20)19-13-5-4-10(17)8-11(13)12-9-18-7-6-14(12)19/h4-5,8,12,14,18H,6-7,9H2,1-3H3/t12-,14-/m0/s1. The van der Waals surface area contributed by atoms with Crippen LogP contribution < -0.4 is 10.2 Å². The van der Waals surface area contributed by atoms with E-state index in [2.05, 4.69) is 5.32 Å². The highest BCUT2D eigenvalue weighted by molar-refractivity contribution is 6.30. The van der Waals surface area contributed by atoms with Gasteiger partial charge in [-0.1, -0.05) is 11.6 Å².